The van der Waals surface area contributed by atoms with Gasteiger partial charge in [-0.2, -0.15) is 20.2 Å². The summed E-state index contributed by atoms with van der Waals surface area (Å²) in [5.41, 5.74) is 0.889. The molecule has 0 spiro atoms. The van der Waals surface area contributed by atoms with Gasteiger partial charge in [0.2, 0.25) is 17.7 Å². The van der Waals surface area contributed by atoms with Gasteiger partial charge in [0.1, 0.15) is 6.07 Å². The molecule has 2 N–H and O–H groups in total. The third kappa shape index (κ3) is 5.14. The molecule has 1 heterocycles. The van der Waals surface area contributed by atoms with Crippen molar-refractivity contribution < 1.29 is 13.2 Å². The molecule has 0 saturated carbocycles. The van der Waals surface area contributed by atoms with Gasteiger partial charge in [0.05, 0.1) is 4.90 Å². The lowest BCUT2D eigenvalue weighted by atomic mass is 10.2. The fourth-order valence-electron chi connectivity index (χ4n) is 2.18. The molecular weight excluding hydrogens is 382 g/mol. The van der Waals surface area contributed by atoms with Crippen molar-refractivity contribution in [2.75, 3.05) is 16.8 Å². The molecule has 0 aliphatic carbocycles. The van der Waals surface area contributed by atoms with E-state index >= 15 is 0 Å². The predicted molar refractivity (Wildman–Crippen MR) is 103 cm³/mol. The van der Waals surface area contributed by atoms with Crippen LogP contribution in [0, 0.1) is 18.3 Å². The molecule has 10 nitrogen and oxygen atoms in total. The van der Waals surface area contributed by atoms with Crippen molar-refractivity contribution in [2.45, 2.75) is 38.6 Å². The molecule has 0 fully saturated rings. The third-order valence-electron chi connectivity index (χ3n) is 3.50. The first-order chi connectivity index (χ1) is 13.2. The molecule has 148 valence electrons. The number of anilines is 2. The van der Waals surface area contributed by atoms with Gasteiger partial charge in [-0.25, -0.2) is 17.9 Å². The van der Waals surface area contributed by atoms with Crippen molar-refractivity contribution in [1.29, 1.82) is 5.26 Å². The standard InChI is InChI=1S/C17H21N7O3S/c1-5-24(16-21-14(10-18)20-15(22-16)19-11(2)3)17(25)23-28(26,27)13-8-6-12(4)7-9-13/h6-9,11H,5H2,1-4H3,(H,23,25)(H,19,20,21,22). The number of hydrogen-bond donors (Lipinski definition) is 2. The summed E-state index contributed by atoms with van der Waals surface area (Å²) in [6.45, 7) is 7.24. The van der Waals surface area contributed by atoms with Gasteiger partial charge >= 0.3 is 6.03 Å². The summed E-state index contributed by atoms with van der Waals surface area (Å²) in [5.74, 6) is -0.209. The van der Waals surface area contributed by atoms with Crippen molar-refractivity contribution in [1.82, 2.24) is 19.7 Å². The lowest BCUT2D eigenvalue weighted by molar-refractivity contribution is 0.251. The maximum atomic E-state index is 12.6. The van der Waals surface area contributed by atoms with Gasteiger partial charge in [-0.15, -0.1) is 0 Å². The van der Waals surface area contributed by atoms with E-state index in [1.807, 2.05) is 25.5 Å². The lowest BCUT2D eigenvalue weighted by Gasteiger charge is -2.20. The number of nitrogens with one attached hydrogen (secondary N) is 2. The summed E-state index contributed by atoms with van der Waals surface area (Å²) < 4.78 is 26.9. The molecule has 0 radical (unpaired) electrons. The number of hydrogen-bond acceptors (Lipinski definition) is 8. The van der Waals surface area contributed by atoms with Crippen LogP contribution in [0.3, 0.4) is 0 Å². The Balaban J connectivity index is 2.33. The molecule has 2 rings (SSSR count). The number of sulfonamides is 1. The fraction of sp³-hybridized carbons (Fsp3) is 0.353. The van der Waals surface area contributed by atoms with Crippen molar-refractivity contribution in [2.24, 2.45) is 0 Å². The van der Waals surface area contributed by atoms with Crippen LogP contribution in [-0.4, -0.2) is 42.0 Å². The zero-order chi connectivity index (χ0) is 20.9. The number of carbonyl (C=O) groups excluding carboxylic acids is 1. The van der Waals surface area contributed by atoms with Crippen molar-refractivity contribution in [3.8, 4) is 6.07 Å². The van der Waals surface area contributed by atoms with Crippen molar-refractivity contribution in [3.05, 3.63) is 35.7 Å². The lowest BCUT2D eigenvalue weighted by Crippen LogP contribution is -2.43. The minimum absolute atomic E-state index is 0.0207. The first-order valence-corrected chi connectivity index (χ1v) is 9.98. The number of benzene rings is 1. The van der Waals surface area contributed by atoms with Crippen LogP contribution in [0.1, 0.15) is 32.2 Å². The summed E-state index contributed by atoms with van der Waals surface area (Å²) in [5, 5.41) is 12.1. The molecule has 0 saturated heterocycles. The molecule has 28 heavy (non-hydrogen) atoms. The zero-order valence-electron chi connectivity index (χ0n) is 16.0. The Bertz CT molecular complexity index is 998. The SMILES string of the molecule is CCN(C(=O)NS(=O)(=O)c1ccc(C)cc1)c1nc(C#N)nc(NC(C)C)n1. The fourth-order valence-corrected chi connectivity index (χ4v) is 3.13. The Hall–Kier alpha value is -3.26. The van der Waals surface area contributed by atoms with E-state index in [0.29, 0.717) is 0 Å². The number of aryl methyl sites for hydroxylation is 1. The maximum absolute atomic E-state index is 12.6. The molecule has 0 unspecified atom stereocenters. The van der Waals surface area contributed by atoms with E-state index in [0.717, 1.165) is 10.5 Å². The monoisotopic (exact) mass is 403 g/mol. The second-order valence-corrected chi connectivity index (χ2v) is 7.84. The zero-order valence-corrected chi connectivity index (χ0v) is 16.8. The Morgan fingerprint density at radius 2 is 1.86 bits per heavy atom. The van der Waals surface area contributed by atoms with Crippen LogP contribution < -0.4 is 14.9 Å². The number of nitrogens with zero attached hydrogens (tertiary/aromatic N) is 5. The highest BCUT2D eigenvalue weighted by atomic mass is 32.2. The second-order valence-electron chi connectivity index (χ2n) is 6.16. The topological polar surface area (TPSA) is 141 Å². The van der Waals surface area contributed by atoms with E-state index in [9.17, 15) is 13.2 Å². The molecule has 2 aromatic rings. The minimum Gasteiger partial charge on any atom is -0.352 e. The van der Waals surface area contributed by atoms with Crippen LogP contribution in [-0.2, 0) is 10.0 Å². The average molecular weight is 403 g/mol. The number of amides is 2. The predicted octanol–water partition coefficient (Wildman–Crippen LogP) is 1.80. The first-order valence-electron chi connectivity index (χ1n) is 8.50. The normalized spacial score (nSPS) is 11.0. The van der Waals surface area contributed by atoms with Crippen LogP contribution in [0.2, 0.25) is 0 Å². The summed E-state index contributed by atoms with van der Waals surface area (Å²) in [7, 11) is -4.08. The molecule has 0 bridgehead atoms. The molecule has 1 aromatic heterocycles. The molecule has 11 heteroatoms. The number of aromatic nitrogens is 3. The highest BCUT2D eigenvalue weighted by Crippen LogP contribution is 2.14. The van der Waals surface area contributed by atoms with Crippen LogP contribution in [0.15, 0.2) is 29.2 Å². The van der Waals surface area contributed by atoms with Gasteiger partial charge in [-0.3, -0.25) is 4.90 Å². The summed E-state index contributed by atoms with van der Waals surface area (Å²) in [6.07, 6.45) is 0. The highest BCUT2D eigenvalue weighted by Gasteiger charge is 2.25. The molecule has 2 amide bonds. The second kappa shape index (κ2) is 8.62. The van der Waals surface area contributed by atoms with Crippen molar-refractivity contribution >= 4 is 28.0 Å². The minimum atomic E-state index is -4.08. The van der Waals surface area contributed by atoms with Gasteiger partial charge in [0.15, 0.2) is 0 Å². The Morgan fingerprint density at radius 1 is 1.21 bits per heavy atom. The summed E-state index contributed by atoms with van der Waals surface area (Å²) in [6, 6.07) is 6.91. The maximum Gasteiger partial charge on any atom is 0.338 e. The number of nitriles is 1. The van der Waals surface area contributed by atoms with E-state index in [2.05, 4.69) is 20.3 Å². The van der Waals surface area contributed by atoms with Crippen molar-refractivity contribution in [3.63, 3.8) is 0 Å². The van der Waals surface area contributed by atoms with Gasteiger partial charge in [0.25, 0.3) is 10.0 Å². The van der Waals surface area contributed by atoms with E-state index in [4.69, 9.17) is 5.26 Å². The molecule has 0 aliphatic heterocycles. The Kier molecular flexibility index (Phi) is 6.48. The van der Waals surface area contributed by atoms with Gasteiger partial charge < -0.3 is 5.32 Å². The van der Waals surface area contributed by atoms with E-state index in [1.165, 1.54) is 12.1 Å². The highest BCUT2D eigenvalue weighted by molar-refractivity contribution is 7.90. The average Bonchev–Trinajstić information content (AvgIpc) is 2.61. The number of urea groups is 1. The van der Waals surface area contributed by atoms with Gasteiger partial charge in [-0.1, -0.05) is 17.7 Å². The third-order valence-corrected chi connectivity index (χ3v) is 4.83. The Labute approximate surface area is 163 Å². The van der Waals surface area contributed by atoms with Gasteiger partial charge in [-0.05, 0) is 39.8 Å². The summed E-state index contributed by atoms with van der Waals surface area (Å²) in [4.78, 5) is 25.5. The van der Waals surface area contributed by atoms with Crippen LogP contribution >= 0.6 is 0 Å². The molecule has 0 atom stereocenters. The van der Waals surface area contributed by atoms with E-state index in [-0.39, 0.29) is 35.2 Å². The molecule has 0 aliphatic rings. The van der Waals surface area contributed by atoms with E-state index in [1.54, 1.807) is 25.1 Å². The molecular formula is C17H21N7O3S. The quantitative estimate of drug-likeness (QED) is 0.744. The Morgan fingerprint density at radius 3 is 2.39 bits per heavy atom. The number of carbonyl (C=O) groups is 1. The van der Waals surface area contributed by atoms with Gasteiger partial charge in [0, 0.05) is 12.6 Å². The number of rotatable bonds is 6. The first kappa shape index (κ1) is 21.0. The smallest absolute Gasteiger partial charge is 0.338 e. The van der Waals surface area contributed by atoms with Crippen LogP contribution in [0.5, 0.6) is 0 Å². The van der Waals surface area contributed by atoms with Crippen LogP contribution in [0.4, 0.5) is 16.7 Å². The largest absolute Gasteiger partial charge is 0.352 e. The summed E-state index contributed by atoms with van der Waals surface area (Å²) >= 11 is 0. The molecule has 1 aromatic carbocycles. The van der Waals surface area contributed by atoms with Crippen LogP contribution in [0.25, 0.3) is 0 Å². The van der Waals surface area contributed by atoms with E-state index < -0.39 is 16.1 Å².